The van der Waals surface area contributed by atoms with E-state index in [-0.39, 0.29) is 5.75 Å². The highest BCUT2D eigenvalue weighted by Crippen LogP contribution is 2.21. The molecule has 0 saturated carbocycles. The number of hydrazone groups is 1. The highest BCUT2D eigenvalue weighted by Gasteiger charge is 2.11. The topological polar surface area (TPSA) is 80.2 Å². The van der Waals surface area contributed by atoms with Gasteiger partial charge in [0.15, 0.2) is 0 Å². The van der Waals surface area contributed by atoms with E-state index in [1.165, 1.54) is 19.4 Å². The highest BCUT2D eigenvalue weighted by atomic mass is 16.5. The summed E-state index contributed by atoms with van der Waals surface area (Å²) in [6.07, 6.45) is 1.35. The molecule has 28 heavy (non-hydrogen) atoms. The van der Waals surface area contributed by atoms with Crippen molar-refractivity contribution < 1.29 is 19.4 Å². The number of carbonyl (C=O) groups excluding carboxylic acids is 1. The molecule has 1 amide bonds. The molecule has 0 heterocycles. The summed E-state index contributed by atoms with van der Waals surface area (Å²) < 4.78 is 10.9. The van der Waals surface area contributed by atoms with Gasteiger partial charge in [0.05, 0.1) is 18.9 Å². The molecule has 0 atom stereocenters. The van der Waals surface area contributed by atoms with E-state index in [0.717, 1.165) is 5.56 Å². The van der Waals surface area contributed by atoms with Gasteiger partial charge in [0.1, 0.15) is 23.9 Å². The highest BCUT2D eigenvalue weighted by molar-refractivity contribution is 5.97. The van der Waals surface area contributed by atoms with Gasteiger partial charge in [0.25, 0.3) is 5.91 Å². The van der Waals surface area contributed by atoms with Gasteiger partial charge in [-0.25, -0.2) is 5.43 Å². The third-order valence-corrected chi connectivity index (χ3v) is 3.97. The molecule has 3 rings (SSSR count). The number of rotatable bonds is 7. The van der Waals surface area contributed by atoms with Crippen molar-refractivity contribution in [1.29, 1.82) is 0 Å². The lowest BCUT2D eigenvalue weighted by molar-refractivity contribution is 0.0950. The Balaban J connectivity index is 1.68. The van der Waals surface area contributed by atoms with Crippen molar-refractivity contribution in [3.05, 3.63) is 89.5 Å². The second-order valence-electron chi connectivity index (χ2n) is 5.89. The maximum atomic E-state index is 12.5. The number of hydrogen-bond acceptors (Lipinski definition) is 5. The molecule has 0 radical (unpaired) electrons. The summed E-state index contributed by atoms with van der Waals surface area (Å²) in [6.45, 7) is 0.353. The Hall–Kier alpha value is -3.80. The Labute approximate surface area is 163 Å². The number of amides is 1. The van der Waals surface area contributed by atoms with E-state index in [2.05, 4.69) is 10.5 Å². The monoisotopic (exact) mass is 376 g/mol. The quantitative estimate of drug-likeness (QED) is 0.486. The molecule has 0 aliphatic carbocycles. The fourth-order valence-electron chi connectivity index (χ4n) is 2.50. The maximum Gasteiger partial charge on any atom is 0.275 e. The lowest BCUT2D eigenvalue weighted by Gasteiger charge is -2.10. The largest absolute Gasteiger partial charge is 0.507 e. The van der Waals surface area contributed by atoms with Crippen LogP contribution in [0.4, 0.5) is 0 Å². The van der Waals surface area contributed by atoms with E-state index < -0.39 is 5.91 Å². The number of methoxy groups -OCH3 is 1. The lowest BCUT2D eigenvalue weighted by atomic mass is 10.2. The Bertz CT molecular complexity index is 971. The third kappa shape index (κ3) is 4.88. The minimum absolute atomic E-state index is 0.0328. The number of para-hydroxylation sites is 1. The first-order chi connectivity index (χ1) is 13.7. The van der Waals surface area contributed by atoms with Crippen LogP contribution in [0.1, 0.15) is 21.5 Å². The Morgan fingerprint density at radius 2 is 1.82 bits per heavy atom. The van der Waals surface area contributed by atoms with Crippen LogP contribution in [-0.4, -0.2) is 24.3 Å². The average molecular weight is 376 g/mol. The second kappa shape index (κ2) is 9.23. The summed E-state index contributed by atoms with van der Waals surface area (Å²) >= 11 is 0. The van der Waals surface area contributed by atoms with Gasteiger partial charge in [0, 0.05) is 5.56 Å². The Morgan fingerprint density at radius 3 is 2.61 bits per heavy atom. The van der Waals surface area contributed by atoms with Crippen LogP contribution in [-0.2, 0) is 6.61 Å². The summed E-state index contributed by atoms with van der Waals surface area (Å²) in [5, 5.41) is 13.8. The fourth-order valence-corrected chi connectivity index (χ4v) is 2.50. The molecule has 0 spiro atoms. The minimum Gasteiger partial charge on any atom is -0.507 e. The zero-order chi connectivity index (χ0) is 19.8. The van der Waals surface area contributed by atoms with Crippen molar-refractivity contribution in [2.45, 2.75) is 6.61 Å². The van der Waals surface area contributed by atoms with E-state index in [0.29, 0.717) is 29.2 Å². The third-order valence-electron chi connectivity index (χ3n) is 3.97. The summed E-state index contributed by atoms with van der Waals surface area (Å²) in [7, 11) is 1.53. The van der Waals surface area contributed by atoms with Crippen molar-refractivity contribution in [1.82, 2.24) is 5.43 Å². The normalized spacial score (nSPS) is 10.6. The van der Waals surface area contributed by atoms with Gasteiger partial charge in [-0.3, -0.25) is 4.79 Å². The molecule has 0 saturated heterocycles. The number of carbonyl (C=O) groups is 1. The Morgan fingerprint density at radius 1 is 1.07 bits per heavy atom. The zero-order valence-corrected chi connectivity index (χ0v) is 15.3. The maximum absolute atomic E-state index is 12.5. The van der Waals surface area contributed by atoms with Crippen molar-refractivity contribution in [3.63, 3.8) is 0 Å². The summed E-state index contributed by atoms with van der Waals surface area (Å²) in [4.78, 5) is 12.5. The van der Waals surface area contributed by atoms with Crippen molar-refractivity contribution in [2.24, 2.45) is 5.10 Å². The summed E-state index contributed by atoms with van der Waals surface area (Å²) in [5.74, 6) is 0.654. The van der Waals surface area contributed by atoms with Crippen molar-refractivity contribution in [2.75, 3.05) is 7.11 Å². The molecular formula is C22H20N2O4. The predicted octanol–water partition coefficient (Wildman–Crippen LogP) is 3.74. The van der Waals surface area contributed by atoms with E-state index in [1.807, 2.05) is 30.3 Å². The Kier molecular flexibility index (Phi) is 6.25. The standard InChI is InChI=1S/C22H20N2O4/c1-27-18-11-12-20(25)17(13-18)14-23-24-22(26)19-9-5-6-10-21(19)28-15-16-7-3-2-4-8-16/h2-14,25H,15H2,1H3,(H,24,26)/b23-14+. The molecular weight excluding hydrogens is 356 g/mol. The molecule has 0 fully saturated rings. The molecule has 3 aromatic rings. The van der Waals surface area contributed by atoms with Crippen LogP contribution < -0.4 is 14.9 Å². The molecule has 2 N–H and O–H groups in total. The number of aromatic hydroxyl groups is 1. The molecule has 0 bridgehead atoms. The van der Waals surface area contributed by atoms with E-state index in [1.54, 1.807) is 36.4 Å². The lowest BCUT2D eigenvalue weighted by Crippen LogP contribution is -2.18. The number of benzene rings is 3. The molecule has 0 unspecified atom stereocenters. The van der Waals surface area contributed by atoms with Gasteiger partial charge < -0.3 is 14.6 Å². The molecule has 6 nitrogen and oxygen atoms in total. The first-order valence-electron chi connectivity index (χ1n) is 8.63. The van der Waals surface area contributed by atoms with Crippen LogP contribution in [0.25, 0.3) is 0 Å². The SMILES string of the molecule is COc1ccc(O)c(/C=N/NC(=O)c2ccccc2OCc2ccccc2)c1. The van der Waals surface area contributed by atoms with Crippen molar-refractivity contribution >= 4 is 12.1 Å². The number of ether oxygens (including phenoxy) is 2. The van der Waals surface area contributed by atoms with E-state index in [4.69, 9.17) is 9.47 Å². The molecule has 142 valence electrons. The van der Waals surface area contributed by atoms with Gasteiger partial charge in [0.2, 0.25) is 0 Å². The van der Waals surface area contributed by atoms with Gasteiger partial charge >= 0.3 is 0 Å². The fraction of sp³-hybridized carbons (Fsp3) is 0.0909. The predicted molar refractivity (Wildman–Crippen MR) is 107 cm³/mol. The summed E-state index contributed by atoms with van der Waals surface area (Å²) in [6, 6.07) is 21.4. The molecule has 3 aromatic carbocycles. The van der Waals surface area contributed by atoms with E-state index >= 15 is 0 Å². The smallest absolute Gasteiger partial charge is 0.275 e. The van der Waals surface area contributed by atoms with Gasteiger partial charge in [-0.2, -0.15) is 5.10 Å². The number of phenolic OH excluding ortho intramolecular Hbond substituents is 1. The van der Waals surface area contributed by atoms with Crippen LogP contribution in [0.2, 0.25) is 0 Å². The van der Waals surface area contributed by atoms with Gasteiger partial charge in [-0.15, -0.1) is 0 Å². The summed E-state index contributed by atoms with van der Waals surface area (Å²) in [5.41, 5.74) is 4.24. The number of phenols is 1. The second-order valence-corrected chi connectivity index (χ2v) is 5.89. The van der Waals surface area contributed by atoms with Crippen LogP contribution in [0, 0.1) is 0 Å². The van der Waals surface area contributed by atoms with Crippen LogP contribution >= 0.6 is 0 Å². The first kappa shape index (κ1) is 19.0. The molecule has 6 heteroatoms. The van der Waals surface area contributed by atoms with Crippen LogP contribution in [0.3, 0.4) is 0 Å². The zero-order valence-electron chi connectivity index (χ0n) is 15.3. The van der Waals surface area contributed by atoms with Gasteiger partial charge in [-0.1, -0.05) is 42.5 Å². The van der Waals surface area contributed by atoms with Crippen molar-refractivity contribution in [3.8, 4) is 17.2 Å². The number of nitrogens with one attached hydrogen (secondary N) is 1. The van der Waals surface area contributed by atoms with Crippen LogP contribution in [0.5, 0.6) is 17.2 Å². The molecule has 0 aliphatic rings. The number of hydrogen-bond donors (Lipinski definition) is 2. The van der Waals surface area contributed by atoms with Crippen LogP contribution in [0.15, 0.2) is 77.9 Å². The van der Waals surface area contributed by atoms with E-state index in [9.17, 15) is 9.90 Å². The molecule has 0 aromatic heterocycles. The molecule has 0 aliphatic heterocycles. The van der Waals surface area contributed by atoms with Gasteiger partial charge in [-0.05, 0) is 35.9 Å². The first-order valence-corrected chi connectivity index (χ1v) is 8.63. The minimum atomic E-state index is -0.415. The number of nitrogens with zero attached hydrogens (tertiary/aromatic N) is 1. The average Bonchev–Trinajstić information content (AvgIpc) is 2.74.